The number of amidine groups is 1. The molecule has 1 rings (SSSR count). The van der Waals surface area contributed by atoms with E-state index in [1.807, 2.05) is 0 Å². The van der Waals surface area contributed by atoms with Crippen LogP contribution in [0.1, 0.15) is 58.6 Å². The zero-order chi connectivity index (χ0) is 14.6. The molecule has 0 spiro atoms. The van der Waals surface area contributed by atoms with Crippen molar-refractivity contribution in [3.8, 4) is 0 Å². The molecule has 0 saturated carbocycles. The SMILES string of the molecule is Cc1ccc(N=C(N)CCC(C)C)c(C(C)(C)C)c1. The molecular formula is C17H28N2. The molecule has 0 heterocycles. The van der Waals surface area contributed by atoms with E-state index in [1.165, 1.54) is 11.1 Å². The van der Waals surface area contributed by atoms with Crippen molar-refractivity contribution >= 4 is 11.5 Å². The first-order valence-electron chi connectivity index (χ1n) is 7.14. The molecule has 0 bridgehead atoms. The maximum atomic E-state index is 6.05. The second kappa shape index (κ2) is 6.23. The quantitative estimate of drug-likeness (QED) is 0.617. The fraction of sp³-hybridized carbons (Fsp3) is 0.588. The molecule has 2 heteroatoms. The van der Waals surface area contributed by atoms with Gasteiger partial charge in [-0.05, 0) is 36.3 Å². The summed E-state index contributed by atoms with van der Waals surface area (Å²) >= 11 is 0. The summed E-state index contributed by atoms with van der Waals surface area (Å²) in [6.07, 6.45) is 1.96. The van der Waals surface area contributed by atoms with Crippen LogP contribution in [0, 0.1) is 12.8 Å². The lowest BCUT2D eigenvalue weighted by Crippen LogP contribution is -2.15. The van der Waals surface area contributed by atoms with Gasteiger partial charge in [0.2, 0.25) is 0 Å². The van der Waals surface area contributed by atoms with Crippen molar-refractivity contribution in [2.45, 2.75) is 59.8 Å². The number of aryl methyl sites for hydroxylation is 1. The number of nitrogens with zero attached hydrogens (tertiary/aromatic N) is 1. The summed E-state index contributed by atoms with van der Waals surface area (Å²) in [6, 6.07) is 6.40. The van der Waals surface area contributed by atoms with Crippen molar-refractivity contribution in [1.82, 2.24) is 0 Å². The molecule has 0 aromatic heterocycles. The highest BCUT2D eigenvalue weighted by molar-refractivity contribution is 5.83. The highest BCUT2D eigenvalue weighted by Gasteiger charge is 2.18. The van der Waals surface area contributed by atoms with Gasteiger partial charge in [0.25, 0.3) is 0 Å². The van der Waals surface area contributed by atoms with Crippen molar-refractivity contribution < 1.29 is 0 Å². The topological polar surface area (TPSA) is 38.4 Å². The minimum atomic E-state index is 0.0865. The molecule has 0 aliphatic heterocycles. The molecule has 0 aliphatic rings. The smallest absolute Gasteiger partial charge is 0.0996 e. The van der Waals surface area contributed by atoms with Gasteiger partial charge in [-0.2, -0.15) is 0 Å². The van der Waals surface area contributed by atoms with E-state index in [9.17, 15) is 0 Å². The molecule has 0 unspecified atom stereocenters. The van der Waals surface area contributed by atoms with Crippen LogP contribution >= 0.6 is 0 Å². The van der Waals surface area contributed by atoms with Gasteiger partial charge in [0.05, 0.1) is 11.5 Å². The summed E-state index contributed by atoms with van der Waals surface area (Å²) in [5, 5.41) is 0. The van der Waals surface area contributed by atoms with E-state index in [4.69, 9.17) is 5.73 Å². The average Bonchev–Trinajstić information content (AvgIpc) is 2.27. The first kappa shape index (κ1) is 15.7. The van der Waals surface area contributed by atoms with Crippen LogP contribution in [0.15, 0.2) is 23.2 Å². The van der Waals surface area contributed by atoms with Crippen molar-refractivity contribution in [3.63, 3.8) is 0 Å². The van der Waals surface area contributed by atoms with Crippen LogP contribution in [0.2, 0.25) is 0 Å². The Morgan fingerprint density at radius 3 is 2.42 bits per heavy atom. The van der Waals surface area contributed by atoms with Crippen molar-refractivity contribution in [3.05, 3.63) is 29.3 Å². The van der Waals surface area contributed by atoms with E-state index in [-0.39, 0.29) is 5.41 Å². The molecule has 0 aliphatic carbocycles. The van der Waals surface area contributed by atoms with E-state index < -0.39 is 0 Å². The lowest BCUT2D eigenvalue weighted by atomic mass is 9.85. The minimum Gasteiger partial charge on any atom is -0.387 e. The van der Waals surface area contributed by atoms with E-state index in [0.717, 1.165) is 24.4 Å². The molecule has 0 amide bonds. The number of hydrogen-bond acceptors (Lipinski definition) is 1. The molecule has 2 N–H and O–H groups in total. The Morgan fingerprint density at radius 1 is 1.26 bits per heavy atom. The standard InChI is InChI=1S/C17H28N2/c1-12(2)7-10-16(18)19-15-9-8-13(3)11-14(15)17(4,5)6/h8-9,11-12H,7,10H2,1-6H3,(H2,18,19). The molecule has 1 aromatic carbocycles. The Balaban J connectivity index is 3.03. The number of hydrogen-bond donors (Lipinski definition) is 1. The number of nitrogens with two attached hydrogens (primary N) is 1. The molecule has 0 atom stereocenters. The maximum absolute atomic E-state index is 6.05. The second-order valence-corrected chi connectivity index (χ2v) is 6.81. The zero-order valence-corrected chi connectivity index (χ0v) is 13.2. The summed E-state index contributed by atoms with van der Waals surface area (Å²) < 4.78 is 0. The molecule has 0 fully saturated rings. The van der Waals surface area contributed by atoms with Crippen LogP contribution in [0.4, 0.5) is 5.69 Å². The van der Waals surface area contributed by atoms with E-state index in [1.54, 1.807) is 0 Å². The summed E-state index contributed by atoms with van der Waals surface area (Å²) in [5.41, 5.74) is 9.69. The van der Waals surface area contributed by atoms with Crippen LogP contribution < -0.4 is 5.73 Å². The number of benzene rings is 1. The molecule has 106 valence electrons. The summed E-state index contributed by atoms with van der Waals surface area (Å²) in [7, 11) is 0. The largest absolute Gasteiger partial charge is 0.387 e. The van der Waals surface area contributed by atoms with Crippen LogP contribution in [-0.2, 0) is 5.41 Å². The van der Waals surface area contributed by atoms with E-state index in [0.29, 0.717) is 5.92 Å². The molecule has 19 heavy (non-hydrogen) atoms. The maximum Gasteiger partial charge on any atom is 0.0996 e. The predicted molar refractivity (Wildman–Crippen MR) is 85.2 cm³/mol. The number of aliphatic imine (C=N–C) groups is 1. The highest BCUT2D eigenvalue weighted by Crippen LogP contribution is 2.32. The molecule has 2 nitrogen and oxygen atoms in total. The Bertz CT molecular complexity index is 451. The molecular weight excluding hydrogens is 232 g/mol. The molecule has 0 radical (unpaired) electrons. The Labute approximate surface area is 118 Å². The van der Waals surface area contributed by atoms with Crippen LogP contribution in [0.25, 0.3) is 0 Å². The van der Waals surface area contributed by atoms with Crippen molar-refractivity contribution in [2.75, 3.05) is 0 Å². The summed E-state index contributed by atoms with van der Waals surface area (Å²) in [6.45, 7) is 13.2. The normalized spacial score (nSPS) is 13.1. The van der Waals surface area contributed by atoms with Gasteiger partial charge in [-0.1, -0.05) is 52.3 Å². The third-order valence-electron chi connectivity index (χ3n) is 3.20. The highest BCUT2D eigenvalue weighted by atomic mass is 14.9. The zero-order valence-electron chi connectivity index (χ0n) is 13.2. The Morgan fingerprint density at radius 2 is 1.89 bits per heavy atom. The van der Waals surface area contributed by atoms with Gasteiger partial charge in [0.15, 0.2) is 0 Å². The van der Waals surface area contributed by atoms with Gasteiger partial charge in [0, 0.05) is 6.42 Å². The van der Waals surface area contributed by atoms with Crippen LogP contribution in [0.3, 0.4) is 0 Å². The van der Waals surface area contributed by atoms with E-state index in [2.05, 4.69) is 64.7 Å². The third-order valence-corrected chi connectivity index (χ3v) is 3.20. The Kier molecular flexibility index (Phi) is 5.16. The lowest BCUT2D eigenvalue weighted by Gasteiger charge is -2.22. The first-order valence-corrected chi connectivity index (χ1v) is 7.14. The summed E-state index contributed by atoms with van der Waals surface area (Å²) in [4.78, 5) is 4.63. The van der Waals surface area contributed by atoms with Gasteiger partial charge in [-0.25, -0.2) is 4.99 Å². The minimum absolute atomic E-state index is 0.0865. The van der Waals surface area contributed by atoms with Gasteiger partial charge in [0.1, 0.15) is 0 Å². The lowest BCUT2D eigenvalue weighted by molar-refractivity contribution is 0.590. The third kappa shape index (κ3) is 5.06. The van der Waals surface area contributed by atoms with Crippen LogP contribution in [-0.4, -0.2) is 5.84 Å². The monoisotopic (exact) mass is 260 g/mol. The fourth-order valence-corrected chi connectivity index (χ4v) is 2.00. The van der Waals surface area contributed by atoms with Gasteiger partial charge < -0.3 is 5.73 Å². The van der Waals surface area contributed by atoms with Gasteiger partial charge in [-0.15, -0.1) is 0 Å². The predicted octanol–water partition coefficient (Wildman–Crippen LogP) is 4.72. The second-order valence-electron chi connectivity index (χ2n) is 6.81. The summed E-state index contributed by atoms with van der Waals surface area (Å²) in [5.74, 6) is 1.40. The Hall–Kier alpha value is -1.31. The fourth-order valence-electron chi connectivity index (χ4n) is 2.00. The first-order chi connectivity index (χ1) is 8.70. The molecule has 0 saturated heterocycles. The van der Waals surface area contributed by atoms with E-state index >= 15 is 0 Å². The number of rotatable bonds is 4. The van der Waals surface area contributed by atoms with Crippen molar-refractivity contribution in [1.29, 1.82) is 0 Å². The van der Waals surface area contributed by atoms with Crippen molar-refractivity contribution in [2.24, 2.45) is 16.6 Å². The van der Waals surface area contributed by atoms with Gasteiger partial charge in [-0.3, -0.25) is 0 Å². The van der Waals surface area contributed by atoms with Gasteiger partial charge >= 0.3 is 0 Å². The van der Waals surface area contributed by atoms with Crippen LogP contribution in [0.5, 0.6) is 0 Å². The molecule has 1 aromatic rings. The average molecular weight is 260 g/mol.